The van der Waals surface area contributed by atoms with Crippen LogP contribution in [-0.2, 0) is 5.41 Å². The molecule has 2 nitrogen and oxygen atoms in total. The van der Waals surface area contributed by atoms with Crippen LogP contribution in [0.15, 0.2) is 188 Å². The van der Waals surface area contributed by atoms with Gasteiger partial charge >= 0.3 is 0 Å². The summed E-state index contributed by atoms with van der Waals surface area (Å²) in [5, 5.41) is 3.90. The van der Waals surface area contributed by atoms with Crippen LogP contribution in [-0.4, -0.2) is 7.28 Å². The molecule has 256 valence electrons. The summed E-state index contributed by atoms with van der Waals surface area (Å²) in [7, 11) is 0.851. The summed E-state index contributed by atoms with van der Waals surface area (Å²) in [6.07, 6.45) is 0. The minimum absolute atomic E-state index is 0.115. The maximum Gasteiger partial charge on any atom is 0.198 e. The standard InChI is InChI=1S/C51H39BN2/c1-51(2)43-21-12-13-24-47(43)54-48-33-39(36-19-10-5-11-20-36)31-42(49(48)52-45-23-14-22-44(51)50(45)54)41-30-27-38(35-17-8-4-9-18-35)32-46(41)53-40-28-25-37(26-29-40)34-15-6-3-7-16-34/h3-33,52-53H,1-2H3. The largest absolute Gasteiger partial charge is 0.355 e. The molecule has 2 aliphatic rings. The minimum atomic E-state index is -0.115. The molecule has 10 rings (SSSR count). The zero-order valence-corrected chi connectivity index (χ0v) is 30.6. The van der Waals surface area contributed by atoms with E-state index in [4.69, 9.17) is 0 Å². The molecule has 0 aliphatic carbocycles. The molecule has 0 aromatic heterocycles. The summed E-state index contributed by atoms with van der Waals surface area (Å²) in [6.45, 7) is 4.75. The third kappa shape index (κ3) is 5.35. The number of nitrogens with zero attached hydrogens (tertiary/aromatic N) is 1. The van der Waals surface area contributed by atoms with Crippen molar-refractivity contribution in [2.75, 3.05) is 10.2 Å². The Balaban J connectivity index is 1.20. The quantitative estimate of drug-likeness (QED) is 0.175. The predicted molar refractivity (Wildman–Crippen MR) is 231 cm³/mol. The number of fused-ring (bicyclic) bond motifs is 4. The van der Waals surface area contributed by atoms with Gasteiger partial charge in [-0.05, 0) is 91.9 Å². The lowest BCUT2D eigenvalue weighted by Gasteiger charge is -2.46. The molecule has 0 saturated heterocycles. The van der Waals surface area contributed by atoms with Crippen molar-refractivity contribution in [2.45, 2.75) is 19.3 Å². The second-order valence-electron chi connectivity index (χ2n) is 15.0. The lowest BCUT2D eigenvalue weighted by atomic mass is 9.55. The van der Waals surface area contributed by atoms with Crippen LogP contribution in [0.25, 0.3) is 44.5 Å². The van der Waals surface area contributed by atoms with E-state index in [0.29, 0.717) is 0 Å². The van der Waals surface area contributed by atoms with E-state index < -0.39 is 0 Å². The number of anilines is 5. The van der Waals surface area contributed by atoms with Gasteiger partial charge in [-0.1, -0.05) is 171 Å². The first-order chi connectivity index (χ1) is 26.5. The van der Waals surface area contributed by atoms with Crippen molar-refractivity contribution in [3.05, 3.63) is 199 Å². The fraction of sp³-hybridized carbons (Fsp3) is 0.0588. The Bertz CT molecular complexity index is 2670. The molecule has 2 aliphatic heterocycles. The minimum Gasteiger partial charge on any atom is -0.355 e. The van der Waals surface area contributed by atoms with Crippen LogP contribution in [0.1, 0.15) is 25.0 Å². The highest BCUT2D eigenvalue weighted by atomic mass is 15.2. The molecule has 2 heterocycles. The number of nitrogens with one attached hydrogen (secondary N) is 1. The van der Waals surface area contributed by atoms with Crippen LogP contribution in [0.5, 0.6) is 0 Å². The second-order valence-corrected chi connectivity index (χ2v) is 15.0. The summed E-state index contributed by atoms with van der Waals surface area (Å²) >= 11 is 0. The van der Waals surface area contributed by atoms with Gasteiger partial charge in [-0.2, -0.15) is 0 Å². The molecule has 8 aromatic rings. The van der Waals surface area contributed by atoms with E-state index in [-0.39, 0.29) is 5.41 Å². The van der Waals surface area contributed by atoms with Crippen LogP contribution in [0.2, 0.25) is 0 Å². The molecule has 0 atom stereocenters. The van der Waals surface area contributed by atoms with E-state index in [9.17, 15) is 0 Å². The van der Waals surface area contributed by atoms with Crippen molar-refractivity contribution in [1.82, 2.24) is 0 Å². The third-order valence-electron chi connectivity index (χ3n) is 11.5. The average Bonchev–Trinajstić information content (AvgIpc) is 3.23. The van der Waals surface area contributed by atoms with Crippen molar-refractivity contribution < 1.29 is 0 Å². The fourth-order valence-corrected chi connectivity index (χ4v) is 8.71. The van der Waals surface area contributed by atoms with Crippen LogP contribution in [0, 0.1) is 0 Å². The van der Waals surface area contributed by atoms with Crippen molar-refractivity contribution in [3.63, 3.8) is 0 Å². The van der Waals surface area contributed by atoms with E-state index >= 15 is 0 Å². The van der Waals surface area contributed by atoms with Gasteiger partial charge in [0.15, 0.2) is 7.28 Å². The first kappa shape index (κ1) is 32.1. The molecule has 1 N–H and O–H groups in total. The monoisotopic (exact) mass is 690 g/mol. The smallest absolute Gasteiger partial charge is 0.198 e. The van der Waals surface area contributed by atoms with Crippen LogP contribution in [0.3, 0.4) is 0 Å². The SMILES string of the molecule is CC1(C)c2ccccc2N2c3cc(-c4ccccc4)cc(-c4ccc(-c5ccccc5)cc4Nc4ccc(-c5ccccc5)cc4)c3Bc3cccc1c32. The Morgan fingerprint density at radius 2 is 1.02 bits per heavy atom. The molecular weight excluding hydrogens is 651 g/mol. The van der Waals surface area contributed by atoms with Crippen LogP contribution in [0.4, 0.5) is 28.4 Å². The van der Waals surface area contributed by atoms with Gasteiger partial charge in [0, 0.05) is 33.7 Å². The Morgan fingerprint density at radius 1 is 0.444 bits per heavy atom. The summed E-state index contributed by atoms with van der Waals surface area (Å²) in [5.74, 6) is 0. The lowest BCUT2D eigenvalue weighted by Crippen LogP contribution is -2.45. The normalized spacial score (nSPS) is 13.3. The predicted octanol–water partition coefficient (Wildman–Crippen LogP) is 11.9. The van der Waals surface area contributed by atoms with Crippen molar-refractivity contribution in [3.8, 4) is 44.5 Å². The first-order valence-corrected chi connectivity index (χ1v) is 18.9. The maximum absolute atomic E-state index is 3.90. The molecule has 0 amide bonds. The Kier molecular flexibility index (Phi) is 7.62. The number of hydrogen-bond acceptors (Lipinski definition) is 2. The molecular formula is C51H39BN2. The molecule has 0 bridgehead atoms. The van der Waals surface area contributed by atoms with E-state index in [2.05, 4.69) is 212 Å². The fourth-order valence-electron chi connectivity index (χ4n) is 8.71. The molecule has 0 unspecified atom stereocenters. The highest BCUT2D eigenvalue weighted by Gasteiger charge is 2.41. The molecule has 0 fully saturated rings. The summed E-state index contributed by atoms with van der Waals surface area (Å²) < 4.78 is 0. The van der Waals surface area contributed by atoms with E-state index in [1.807, 2.05) is 0 Å². The average molecular weight is 691 g/mol. The molecule has 0 saturated carbocycles. The number of para-hydroxylation sites is 2. The van der Waals surface area contributed by atoms with Crippen molar-refractivity contribution in [1.29, 1.82) is 0 Å². The van der Waals surface area contributed by atoms with Gasteiger partial charge in [0.05, 0.1) is 5.69 Å². The molecule has 0 radical (unpaired) electrons. The van der Waals surface area contributed by atoms with Gasteiger partial charge in [-0.25, -0.2) is 0 Å². The molecule has 0 spiro atoms. The summed E-state index contributed by atoms with van der Waals surface area (Å²) in [4.78, 5) is 2.56. The Hall–Kier alpha value is -6.58. The van der Waals surface area contributed by atoms with E-state index in [1.165, 1.54) is 83.6 Å². The van der Waals surface area contributed by atoms with Gasteiger partial charge in [-0.15, -0.1) is 0 Å². The van der Waals surface area contributed by atoms with Gasteiger partial charge < -0.3 is 10.2 Å². The van der Waals surface area contributed by atoms with E-state index in [0.717, 1.165) is 18.7 Å². The zero-order chi connectivity index (χ0) is 36.2. The number of benzene rings is 8. The van der Waals surface area contributed by atoms with Gasteiger partial charge in [0.25, 0.3) is 0 Å². The van der Waals surface area contributed by atoms with Gasteiger partial charge in [0.2, 0.25) is 0 Å². The lowest BCUT2D eigenvalue weighted by molar-refractivity contribution is 0.632. The highest BCUT2D eigenvalue weighted by molar-refractivity contribution is 6.73. The first-order valence-electron chi connectivity index (χ1n) is 18.9. The molecule has 3 heteroatoms. The molecule has 8 aromatic carbocycles. The van der Waals surface area contributed by atoms with Gasteiger partial charge in [-0.3, -0.25) is 0 Å². The van der Waals surface area contributed by atoms with Gasteiger partial charge in [0.1, 0.15) is 0 Å². The second kappa shape index (κ2) is 12.8. The number of hydrogen-bond donors (Lipinski definition) is 1. The Labute approximate surface area is 318 Å². The van der Waals surface area contributed by atoms with E-state index in [1.54, 1.807) is 0 Å². The highest BCUT2D eigenvalue weighted by Crippen LogP contribution is 2.52. The van der Waals surface area contributed by atoms with Crippen LogP contribution >= 0.6 is 0 Å². The third-order valence-corrected chi connectivity index (χ3v) is 11.5. The Morgan fingerprint density at radius 3 is 1.72 bits per heavy atom. The molecule has 54 heavy (non-hydrogen) atoms. The van der Waals surface area contributed by atoms with Crippen molar-refractivity contribution >= 4 is 46.6 Å². The number of rotatable bonds is 6. The van der Waals surface area contributed by atoms with Crippen LogP contribution < -0.4 is 21.1 Å². The topological polar surface area (TPSA) is 15.3 Å². The zero-order valence-electron chi connectivity index (χ0n) is 30.6. The van der Waals surface area contributed by atoms with Crippen molar-refractivity contribution in [2.24, 2.45) is 0 Å². The maximum atomic E-state index is 3.90. The summed E-state index contributed by atoms with van der Waals surface area (Å²) in [6, 6.07) is 68.6. The summed E-state index contributed by atoms with van der Waals surface area (Å²) in [5.41, 5.74) is 20.9.